The quantitative estimate of drug-likeness (QED) is 0.600. The van der Waals surface area contributed by atoms with Crippen molar-refractivity contribution in [2.75, 3.05) is 19.0 Å². The third-order valence-corrected chi connectivity index (χ3v) is 3.88. The van der Waals surface area contributed by atoms with Gasteiger partial charge in [-0.2, -0.15) is 10.5 Å². The average molecular weight is 382 g/mol. The van der Waals surface area contributed by atoms with Gasteiger partial charge in [-0.15, -0.1) is 0 Å². The van der Waals surface area contributed by atoms with Gasteiger partial charge in [-0.25, -0.2) is 0 Å². The van der Waals surface area contributed by atoms with Gasteiger partial charge in [-0.05, 0) is 42.3 Å². The van der Waals surface area contributed by atoms with Crippen LogP contribution in [0.25, 0.3) is 6.08 Å². The molecular formula is C20H16ClN3O3. The summed E-state index contributed by atoms with van der Waals surface area (Å²) >= 11 is 6.18. The van der Waals surface area contributed by atoms with E-state index in [9.17, 15) is 10.1 Å². The first-order valence-electron chi connectivity index (χ1n) is 7.86. The second-order valence-electron chi connectivity index (χ2n) is 5.42. The van der Waals surface area contributed by atoms with Crippen LogP contribution in [-0.2, 0) is 4.79 Å². The molecule has 27 heavy (non-hydrogen) atoms. The molecule has 0 saturated heterocycles. The van der Waals surface area contributed by atoms with E-state index in [4.69, 9.17) is 26.3 Å². The number of hydrogen-bond donors (Lipinski definition) is 1. The normalized spacial score (nSPS) is 10.5. The molecule has 136 valence electrons. The molecule has 0 radical (unpaired) electrons. The molecule has 2 aromatic rings. The van der Waals surface area contributed by atoms with Crippen molar-refractivity contribution in [3.63, 3.8) is 0 Å². The Labute approximate surface area is 162 Å². The molecule has 0 aliphatic rings. The largest absolute Gasteiger partial charge is 0.493 e. The zero-order chi connectivity index (χ0) is 19.8. The van der Waals surface area contributed by atoms with Crippen LogP contribution < -0.4 is 14.8 Å². The zero-order valence-electron chi connectivity index (χ0n) is 14.7. The van der Waals surface area contributed by atoms with Crippen LogP contribution in [0, 0.1) is 29.6 Å². The molecule has 0 saturated carbocycles. The van der Waals surface area contributed by atoms with Crippen LogP contribution in [0.5, 0.6) is 11.5 Å². The minimum Gasteiger partial charge on any atom is -0.493 e. The van der Waals surface area contributed by atoms with Gasteiger partial charge in [0.1, 0.15) is 17.7 Å². The Balaban J connectivity index is 2.33. The van der Waals surface area contributed by atoms with E-state index in [2.05, 4.69) is 5.32 Å². The fourth-order valence-electron chi connectivity index (χ4n) is 2.29. The van der Waals surface area contributed by atoms with Crippen LogP contribution in [0.1, 0.15) is 11.1 Å². The minimum absolute atomic E-state index is 0.0953. The second kappa shape index (κ2) is 9.28. The number of ether oxygens (including phenoxy) is 2. The van der Waals surface area contributed by atoms with Gasteiger partial charge >= 0.3 is 0 Å². The number of aryl methyl sites for hydroxylation is 1. The first-order valence-corrected chi connectivity index (χ1v) is 8.24. The van der Waals surface area contributed by atoms with Gasteiger partial charge in [0.2, 0.25) is 0 Å². The summed E-state index contributed by atoms with van der Waals surface area (Å²) in [5, 5.41) is 20.9. The molecule has 0 fully saturated rings. The lowest BCUT2D eigenvalue weighted by Crippen LogP contribution is -2.14. The van der Waals surface area contributed by atoms with Crippen LogP contribution >= 0.6 is 11.6 Å². The molecule has 0 unspecified atom stereocenters. The van der Waals surface area contributed by atoms with E-state index in [-0.39, 0.29) is 23.0 Å². The topological polar surface area (TPSA) is 95.1 Å². The van der Waals surface area contributed by atoms with Crippen LogP contribution in [0.15, 0.2) is 42.0 Å². The van der Waals surface area contributed by atoms with Crippen molar-refractivity contribution >= 4 is 29.3 Å². The Morgan fingerprint density at radius 1 is 1.30 bits per heavy atom. The number of benzene rings is 2. The molecule has 0 aromatic heterocycles. The Kier molecular flexibility index (Phi) is 6.82. The standard InChI is InChI=1S/C20H16ClN3O3/c1-13-5-3-4-6-17(13)24-20(25)15(12-23)9-14-10-16(21)19(27-8-7-22)18(11-14)26-2/h3-6,9-11H,8H2,1-2H3,(H,24,25)/b15-9-. The molecule has 1 N–H and O–H groups in total. The van der Waals surface area contributed by atoms with Crippen LogP contribution in [-0.4, -0.2) is 19.6 Å². The first kappa shape index (κ1) is 19.8. The van der Waals surface area contributed by atoms with Crippen molar-refractivity contribution in [1.82, 2.24) is 0 Å². The molecule has 1 amide bonds. The van der Waals surface area contributed by atoms with Gasteiger partial charge in [0, 0.05) is 5.69 Å². The number of halogens is 1. The maximum Gasteiger partial charge on any atom is 0.266 e. The Hall–Kier alpha value is -3.48. The fraction of sp³-hybridized carbons (Fsp3) is 0.150. The first-order chi connectivity index (χ1) is 13.0. The van der Waals surface area contributed by atoms with E-state index < -0.39 is 5.91 Å². The number of amides is 1. The molecule has 0 atom stereocenters. The number of methoxy groups -OCH3 is 1. The van der Waals surface area contributed by atoms with Gasteiger partial charge < -0.3 is 14.8 Å². The van der Waals surface area contributed by atoms with E-state index in [1.54, 1.807) is 18.2 Å². The number of nitrogens with zero attached hydrogens (tertiary/aromatic N) is 2. The van der Waals surface area contributed by atoms with Gasteiger partial charge in [-0.3, -0.25) is 4.79 Å². The third-order valence-electron chi connectivity index (χ3n) is 3.60. The van der Waals surface area contributed by atoms with Gasteiger partial charge in [0.25, 0.3) is 5.91 Å². The summed E-state index contributed by atoms with van der Waals surface area (Å²) in [6.45, 7) is 1.67. The van der Waals surface area contributed by atoms with Crippen molar-refractivity contribution in [1.29, 1.82) is 10.5 Å². The van der Waals surface area contributed by atoms with Crippen LogP contribution in [0.2, 0.25) is 5.02 Å². The molecule has 0 aliphatic carbocycles. The zero-order valence-corrected chi connectivity index (χ0v) is 15.5. The predicted molar refractivity (Wildman–Crippen MR) is 103 cm³/mol. The van der Waals surface area contributed by atoms with E-state index in [1.165, 1.54) is 19.3 Å². The maximum absolute atomic E-state index is 12.4. The highest BCUT2D eigenvalue weighted by molar-refractivity contribution is 6.32. The molecule has 0 bridgehead atoms. The Bertz CT molecular complexity index is 971. The van der Waals surface area contributed by atoms with Gasteiger partial charge in [0.05, 0.1) is 12.1 Å². The highest BCUT2D eigenvalue weighted by atomic mass is 35.5. The SMILES string of the molecule is COc1cc(/C=C(/C#N)C(=O)Nc2ccccc2C)cc(Cl)c1OCC#N. The molecular weight excluding hydrogens is 366 g/mol. The van der Waals surface area contributed by atoms with Crippen LogP contribution in [0.4, 0.5) is 5.69 Å². The Morgan fingerprint density at radius 2 is 2.04 bits per heavy atom. The van der Waals surface area contributed by atoms with E-state index >= 15 is 0 Å². The molecule has 0 spiro atoms. The summed E-state index contributed by atoms with van der Waals surface area (Å²) in [5.41, 5.74) is 1.89. The number of carbonyl (C=O) groups is 1. The molecule has 7 heteroatoms. The van der Waals surface area contributed by atoms with Crippen molar-refractivity contribution in [3.05, 3.63) is 58.1 Å². The molecule has 2 aromatic carbocycles. The number of nitrogens with one attached hydrogen (secondary N) is 1. The summed E-state index contributed by atoms with van der Waals surface area (Å²) in [6, 6.07) is 14.1. The second-order valence-corrected chi connectivity index (χ2v) is 5.83. The number of anilines is 1. The molecule has 2 rings (SSSR count). The summed E-state index contributed by atoms with van der Waals surface area (Å²) < 4.78 is 10.5. The lowest BCUT2D eigenvalue weighted by Gasteiger charge is -2.11. The molecule has 0 aliphatic heterocycles. The Morgan fingerprint density at radius 3 is 2.67 bits per heavy atom. The highest BCUT2D eigenvalue weighted by Gasteiger charge is 2.14. The number of para-hydroxylation sites is 1. The van der Waals surface area contributed by atoms with Gasteiger partial charge in [-0.1, -0.05) is 29.8 Å². The monoisotopic (exact) mass is 381 g/mol. The average Bonchev–Trinajstić information content (AvgIpc) is 2.66. The summed E-state index contributed by atoms with van der Waals surface area (Å²) in [5.74, 6) is -0.0203. The van der Waals surface area contributed by atoms with E-state index in [0.29, 0.717) is 17.0 Å². The number of rotatable bonds is 6. The van der Waals surface area contributed by atoms with E-state index in [1.807, 2.05) is 31.2 Å². The smallest absolute Gasteiger partial charge is 0.266 e. The highest BCUT2D eigenvalue weighted by Crippen LogP contribution is 2.37. The predicted octanol–water partition coefficient (Wildman–Crippen LogP) is 4.11. The lowest BCUT2D eigenvalue weighted by atomic mass is 10.1. The van der Waals surface area contributed by atoms with Crippen molar-refractivity contribution in [3.8, 4) is 23.6 Å². The number of carbonyl (C=O) groups excluding carboxylic acids is 1. The fourth-order valence-corrected chi connectivity index (χ4v) is 2.56. The van der Waals surface area contributed by atoms with E-state index in [0.717, 1.165) is 5.56 Å². The van der Waals surface area contributed by atoms with Crippen molar-refractivity contribution in [2.24, 2.45) is 0 Å². The maximum atomic E-state index is 12.4. The van der Waals surface area contributed by atoms with Crippen LogP contribution in [0.3, 0.4) is 0 Å². The third kappa shape index (κ3) is 5.01. The molecule has 6 nitrogen and oxygen atoms in total. The van der Waals surface area contributed by atoms with Crippen molar-refractivity contribution in [2.45, 2.75) is 6.92 Å². The minimum atomic E-state index is -0.535. The lowest BCUT2D eigenvalue weighted by molar-refractivity contribution is -0.112. The number of hydrogen-bond acceptors (Lipinski definition) is 5. The van der Waals surface area contributed by atoms with Gasteiger partial charge in [0.15, 0.2) is 18.1 Å². The summed E-state index contributed by atoms with van der Waals surface area (Å²) in [7, 11) is 1.43. The molecule has 0 heterocycles. The number of nitriles is 2. The summed E-state index contributed by atoms with van der Waals surface area (Å²) in [6.07, 6.45) is 1.40. The van der Waals surface area contributed by atoms with Crippen molar-refractivity contribution < 1.29 is 14.3 Å². The summed E-state index contributed by atoms with van der Waals surface area (Å²) in [4.78, 5) is 12.4.